The highest BCUT2D eigenvalue weighted by Crippen LogP contribution is 2.26. The predicted molar refractivity (Wildman–Crippen MR) is 160 cm³/mol. The van der Waals surface area contributed by atoms with Crippen molar-refractivity contribution in [1.82, 2.24) is 0 Å². The van der Waals surface area contributed by atoms with Crippen LogP contribution in [0.2, 0.25) is 0 Å². The Morgan fingerprint density at radius 1 is 0.900 bits per heavy atom. The van der Waals surface area contributed by atoms with E-state index in [1.165, 1.54) is 11.3 Å². The fourth-order valence-corrected chi connectivity index (χ4v) is 4.94. The molecule has 0 unspecified atom stereocenters. The summed E-state index contributed by atoms with van der Waals surface area (Å²) in [6.07, 6.45) is 1.47. The maximum Gasteiger partial charge on any atom is 0.328 e. The van der Waals surface area contributed by atoms with Gasteiger partial charge in [0.1, 0.15) is 6.04 Å². The van der Waals surface area contributed by atoms with Gasteiger partial charge in [0.25, 0.3) is 0 Å². The summed E-state index contributed by atoms with van der Waals surface area (Å²) in [5.74, 6) is 6.10. The Morgan fingerprint density at radius 3 is 2.42 bits per heavy atom. The third-order valence-corrected chi connectivity index (χ3v) is 6.99. The van der Waals surface area contributed by atoms with Gasteiger partial charge in [0.05, 0.1) is 13.2 Å². The van der Waals surface area contributed by atoms with Crippen molar-refractivity contribution < 1.29 is 14.3 Å². The molecule has 5 heteroatoms. The number of esters is 1. The second-order valence-corrected chi connectivity index (χ2v) is 9.69. The van der Waals surface area contributed by atoms with Crippen LogP contribution in [-0.4, -0.2) is 37.5 Å². The van der Waals surface area contributed by atoms with Crippen molar-refractivity contribution in [2.24, 2.45) is 0 Å². The molecule has 1 aliphatic rings. The van der Waals surface area contributed by atoms with Crippen molar-refractivity contribution >= 4 is 23.1 Å². The molecule has 0 bridgehead atoms. The number of benzene rings is 4. The van der Waals surface area contributed by atoms with Crippen LogP contribution >= 0.6 is 0 Å². The Bertz CT molecular complexity index is 1530. The standard InChI is InChI=1S/C35H32N2O3/c1-2-40-35(39)32(36-31-16-8-7-15-30(31)34(38)29-13-4-3-5-14-29)25-27-20-18-26(19-21-27)11-10-23-37-24-22-28-12-6-9-17-33(28)37/h3-9,12-21,32,36H,2,22-25H2,1H3/t32-/m0/s1. The number of ether oxygens (including phenoxy) is 1. The topological polar surface area (TPSA) is 58.6 Å². The van der Waals surface area contributed by atoms with Gasteiger partial charge in [-0.3, -0.25) is 4.79 Å². The Morgan fingerprint density at radius 2 is 1.62 bits per heavy atom. The lowest BCUT2D eigenvalue weighted by Crippen LogP contribution is -2.34. The molecule has 0 aliphatic carbocycles. The highest BCUT2D eigenvalue weighted by Gasteiger charge is 2.23. The predicted octanol–water partition coefficient (Wildman–Crippen LogP) is 5.92. The minimum Gasteiger partial charge on any atom is -0.464 e. The smallest absolute Gasteiger partial charge is 0.328 e. The summed E-state index contributed by atoms with van der Waals surface area (Å²) in [5, 5.41) is 3.29. The molecule has 0 radical (unpaired) electrons. The molecule has 0 amide bonds. The summed E-state index contributed by atoms with van der Waals surface area (Å²) >= 11 is 0. The van der Waals surface area contributed by atoms with Gasteiger partial charge in [-0.05, 0) is 54.8 Å². The number of carbonyl (C=O) groups is 2. The second kappa shape index (κ2) is 12.8. The van der Waals surface area contributed by atoms with Crippen LogP contribution in [0.5, 0.6) is 0 Å². The van der Waals surface area contributed by atoms with E-state index in [0.717, 1.165) is 24.1 Å². The highest BCUT2D eigenvalue weighted by molar-refractivity contribution is 6.12. The van der Waals surface area contributed by atoms with Gasteiger partial charge in [-0.1, -0.05) is 84.6 Å². The lowest BCUT2D eigenvalue weighted by molar-refractivity contribution is -0.144. The number of carbonyl (C=O) groups excluding carboxylic acids is 2. The molecule has 0 saturated heterocycles. The van der Waals surface area contributed by atoms with Gasteiger partial charge in [0.15, 0.2) is 5.78 Å². The Labute approximate surface area is 235 Å². The molecule has 1 heterocycles. The van der Waals surface area contributed by atoms with Crippen LogP contribution < -0.4 is 10.2 Å². The van der Waals surface area contributed by atoms with Gasteiger partial charge in [0, 0.05) is 41.0 Å². The fourth-order valence-electron chi connectivity index (χ4n) is 4.94. The molecule has 4 aromatic rings. The van der Waals surface area contributed by atoms with E-state index in [-0.39, 0.29) is 18.4 Å². The normalized spacial score (nSPS) is 12.6. The number of para-hydroxylation sites is 2. The van der Waals surface area contributed by atoms with Crippen molar-refractivity contribution in [3.63, 3.8) is 0 Å². The quantitative estimate of drug-likeness (QED) is 0.166. The summed E-state index contributed by atoms with van der Waals surface area (Å²) in [6, 6.07) is 32.2. The zero-order chi connectivity index (χ0) is 27.7. The lowest BCUT2D eigenvalue weighted by atomic mass is 10.00. The number of anilines is 2. The van der Waals surface area contributed by atoms with E-state index in [4.69, 9.17) is 4.74 Å². The minimum absolute atomic E-state index is 0.105. The summed E-state index contributed by atoms with van der Waals surface area (Å²) in [4.78, 5) is 28.4. The number of rotatable bonds is 9. The first-order valence-corrected chi connectivity index (χ1v) is 13.6. The van der Waals surface area contributed by atoms with E-state index >= 15 is 0 Å². The lowest BCUT2D eigenvalue weighted by Gasteiger charge is -2.20. The monoisotopic (exact) mass is 528 g/mol. The number of hydrogen-bond donors (Lipinski definition) is 1. The number of nitrogens with zero attached hydrogens (tertiary/aromatic N) is 1. The van der Waals surface area contributed by atoms with Gasteiger partial charge in [-0.15, -0.1) is 0 Å². The average Bonchev–Trinajstić information content (AvgIpc) is 3.41. The van der Waals surface area contributed by atoms with Crippen molar-refractivity contribution in [3.05, 3.63) is 131 Å². The second-order valence-electron chi connectivity index (χ2n) is 9.69. The van der Waals surface area contributed by atoms with E-state index in [0.29, 0.717) is 29.8 Å². The van der Waals surface area contributed by atoms with E-state index in [1.54, 1.807) is 25.1 Å². The Kier molecular flexibility index (Phi) is 8.58. The third-order valence-electron chi connectivity index (χ3n) is 6.99. The van der Waals surface area contributed by atoms with Crippen molar-refractivity contribution in [1.29, 1.82) is 0 Å². The molecule has 1 N–H and O–H groups in total. The van der Waals surface area contributed by atoms with Crippen LogP contribution in [0.1, 0.15) is 39.5 Å². The summed E-state index contributed by atoms with van der Waals surface area (Å²) in [5.41, 5.74) is 6.25. The van der Waals surface area contributed by atoms with Gasteiger partial charge in [0.2, 0.25) is 0 Å². The van der Waals surface area contributed by atoms with E-state index in [1.807, 2.05) is 60.7 Å². The van der Waals surface area contributed by atoms with E-state index in [9.17, 15) is 9.59 Å². The maximum atomic E-state index is 13.2. The van der Waals surface area contributed by atoms with E-state index in [2.05, 4.69) is 46.3 Å². The molecular weight excluding hydrogens is 496 g/mol. The molecule has 1 aliphatic heterocycles. The Hall–Kier alpha value is -4.82. The summed E-state index contributed by atoms with van der Waals surface area (Å²) in [6.45, 7) is 3.75. The molecule has 0 spiro atoms. The molecule has 0 aromatic heterocycles. The van der Waals surface area contributed by atoms with Gasteiger partial charge >= 0.3 is 5.97 Å². The molecule has 200 valence electrons. The number of fused-ring (bicyclic) bond motifs is 1. The van der Waals surface area contributed by atoms with Crippen molar-refractivity contribution in [2.45, 2.75) is 25.8 Å². The first-order chi connectivity index (χ1) is 19.6. The molecule has 1 atom stereocenters. The molecule has 4 aromatic carbocycles. The number of ketones is 1. The van der Waals surface area contributed by atoms with Crippen LogP contribution in [0, 0.1) is 11.8 Å². The largest absolute Gasteiger partial charge is 0.464 e. The van der Waals surface area contributed by atoms with Gasteiger partial charge in [-0.25, -0.2) is 4.79 Å². The first kappa shape index (κ1) is 26.8. The minimum atomic E-state index is -0.656. The van der Waals surface area contributed by atoms with Gasteiger partial charge < -0.3 is 15.0 Å². The van der Waals surface area contributed by atoms with Crippen LogP contribution in [0.3, 0.4) is 0 Å². The van der Waals surface area contributed by atoms with Crippen LogP contribution in [0.4, 0.5) is 11.4 Å². The summed E-state index contributed by atoms with van der Waals surface area (Å²) in [7, 11) is 0. The molecule has 0 fully saturated rings. The summed E-state index contributed by atoms with van der Waals surface area (Å²) < 4.78 is 5.37. The molecule has 5 rings (SSSR count). The van der Waals surface area contributed by atoms with Gasteiger partial charge in [-0.2, -0.15) is 0 Å². The highest BCUT2D eigenvalue weighted by atomic mass is 16.5. The SMILES string of the molecule is CCOC(=O)[C@H](Cc1ccc(C#CCN2CCc3ccccc32)cc1)Nc1ccccc1C(=O)c1ccccc1. The average molecular weight is 529 g/mol. The van der Waals surface area contributed by atoms with Crippen LogP contribution in [0.15, 0.2) is 103 Å². The Balaban J connectivity index is 1.28. The molecule has 0 saturated carbocycles. The van der Waals surface area contributed by atoms with Crippen LogP contribution in [0.25, 0.3) is 0 Å². The van der Waals surface area contributed by atoms with Crippen molar-refractivity contribution in [3.8, 4) is 11.8 Å². The zero-order valence-corrected chi connectivity index (χ0v) is 22.6. The number of nitrogens with one attached hydrogen (secondary N) is 1. The number of hydrogen-bond acceptors (Lipinski definition) is 5. The maximum absolute atomic E-state index is 13.2. The fraction of sp³-hybridized carbons (Fsp3) is 0.200. The first-order valence-electron chi connectivity index (χ1n) is 13.6. The molecule has 5 nitrogen and oxygen atoms in total. The third kappa shape index (κ3) is 6.42. The van der Waals surface area contributed by atoms with Crippen molar-refractivity contribution in [2.75, 3.05) is 29.9 Å². The molecule has 40 heavy (non-hydrogen) atoms. The molecular formula is C35H32N2O3. The van der Waals surface area contributed by atoms with E-state index < -0.39 is 6.04 Å². The van der Waals surface area contributed by atoms with Crippen LogP contribution in [-0.2, 0) is 22.4 Å². The zero-order valence-electron chi connectivity index (χ0n) is 22.6.